The molecule has 1 aliphatic rings. The molecule has 1 aliphatic heterocycles. The lowest BCUT2D eigenvalue weighted by atomic mass is 10.1. The van der Waals surface area contributed by atoms with Gasteiger partial charge in [0.2, 0.25) is 5.91 Å². The van der Waals surface area contributed by atoms with Crippen molar-refractivity contribution in [2.75, 3.05) is 13.1 Å². The number of nitrogens with one attached hydrogen (secondary N) is 2. The first-order valence-electron chi connectivity index (χ1n) is 5.99. The van der Waals surface area contributed by atoms with Crippen LogP contribution in [0.25, 0.3) is 0 Å². The number of benzene rings is 1. The van der Waals surface area contributed by atoms with Gasteiger partial charge in [-0.05, 0) is 31.0 Å². The van der Waals surface area contributed by atoms with Gasteiger partial charge in [-0.25, -0.2) is 0 Å². The molecule has 3 nitrogen and oxygen atoms in total. The Kier molecular flexibility index (Phi) is 4.57. The summed E-state index contributed by atoms with van der Waals surface area (Å²) in [7, 11) is 0. The van der Waals surface area contributed by atoms with E-state index >= 15 is 0 Å². The number of amides is 1. The van der Waals surface area contributed by atoms with E-state index < -0.39 is 0 Å². The minimum absolute atomic E-state index is 0.102. The highest BCUT2D eigenvalue weighted by Crippen LogP contribution is 2.16. The lowest BCUT2D eigenvalue weighted by Gasteiger charge is -2.23. The number of carbonyl (C=O) groups excluding carboxylic acids is 1. The molecule has 92 valence electrons. The first-order chi connectivity index (χ1) is 8.25. The second kappa shape index (κ2) is 6.17. The van der Waals surface area contributed by atoms with Gasteiger partial charge in [-0.3, -0.25) is 4.79 Å². The molecule has 1 atom stereocenters. The van der Waals surface area contributed by atoms with Crippen LogP contribution in [0.1, 0.15) is 18.4 Å². The molecule has 1 aromatic carbocycles. The van der Waals surface area contributed by atoms with E-state index in [9.17, 15) is 4.79 Å². The van der Waals surface area contributed by atoms with Crippen molar-refractivity contribution in [2.45, 2.75) is 25.3 Å². The van der Waals surface area contributed by atoms with Gasteiger partial charge in [0.05, 0.1) is 6.42 Å². The highest BCUT2D eigenvalue weighted by Gasteiger charge is 2.15. The van der Waals surface area contributed by atoms with Gasteiger partial charge in [0.1, 0.15) is 0 Å². The maximum atomic E-state index is 11.9. The molecule has 0 saturated carbocycles. The maximum Gasteiger partial charge on any atom is 0.224 e. The number of hydrogen-bond acceptors (Lipinski definition) is 2. The van der Waals surface area contributed by atoms with Gasteiger partial charge >= 0.3 is 0 Å². The standard InChI is InChI=1S/C13H17BrN2O/c14-12-6-2-1-4-10(12)8-13(17)16-11-5-3-7-15-9-11/h1-2,4,6,11,15H,3,5,7-9H2,(H,16,17). The Morgan fingerprint density at radius 3 is 3.00 bits per heavy atom. The van der Waals surface area contributed by atoms with Gasteiger partial charge in [-0.1, -0.05) is 34.1 Å². The van der Waals surface area contributed by atoms with Crippen LogP contribution >= 0.6 is 15.9 Å². The Balaban J connectivity index is 1.86. The van der Waals surface area contributed by atoms with Crippen LogP contribution in [-0.2, 0) is 11.2 Å². The summed E-state index contributed by atoms with van der Waals surface area (Å²) in [6.07, 6.45) is 2.66. The normalized spacial score (nSPS) is 19.9. The average molecular weight is 297 g/mol. The van der Waals surface area contributed by atoms with Gasteiger partial charge < -0.3 is 10.6 Å². The fourth-order valence-corrected chi connectivity index (χ4v) is 2.49. The van der Waals surface area contributed by atoms with Crippen LogP contribution in [0, 0.1) is 0 Å². The molecule has 1 aromatic rings. The van der Waals surface area contributed by atoms with Crippen molar-refractivity contribution in [3.63, 3.8) is 0 Å². The van der Waals surface area contributed by atoms with Crippen LogP contribution in [-0.4, -0.2) is 25.0 Å². The van der Waals surface area contributed by atoms with E-state index in [1.807, 2.05) is 24.3 Å². The van der Waals surface area contributed by atoms with Crippen molar-refractivity contribution in [1.82, 2.24) is 10.6 Å². The van der Waals surface area contributed by atoms with Crippen molar-refractivity contribution in [1.29, 1.82) is 0 Å². The van der Waals surface area contributed by atoms with Crippen LogP contribution in [0.15, 0.2) is 28.7 Å². The van der Waals surface area contributed by atoms with Crippen LogP contribution in [0.4, 0.5) is 0 Å². The first-order valence-corrected chi connectivity index (χ1v) is 6.78. The average Bonchev–Trinajstić information content (AvgIpc) is 2.33. The Bertz CT molecular complexity index is 389. The van der Waals surface area contributed by atoms with Gasteiger partial charge in [0, 0.05) is 17.1 Å². The summed E-state index contributed by atoms with van der Waals surface area (Å²) in [6, 6.07) is 8.14. The Morgan fingerprint density at radius 2 is 2.29 bits per heavy atom. The zero-order chi connectivity index (χ0) is 12.1. The zero-order valence-corrected chi connectivity index (χ0v) is 11.3. The molecule has 0 bridgehead atoms. The Morgan fingerprint density at radius 1 is 1.47 bits per heavy atom. The molecule has 1 fully saturated rings. The van der Waals surface area contributed by atoms with E-state index in [1.54, 1.807) is 0 Å². The van der Waals surface area contributed by atoms with E-state index in [-0.39, 0.29) is 5.91 Å². The summed E-state index contributed by atoms with van der Waals surface area (Å²) in [5.74, 6) is 0.102. The van der Waals surface area contributed by atoms with Crippen molar-refractivity contribution < 1.29 is 4.79 Å². The van der Waals surface area contributed by atoms with E-state index in [0.717, 1.165) is 36.0 Å². The molecular formula is C13H17BrN2O. The molecule has 1 heterocycles. The number of hydrogen-bond donors (Lipinski definition) is 2. The van der Waals surface area contributed by atoms with Crippen molar-refractivity contribution in [2.24, 2.45) is 0 Å². The quantitative estimate of drug-likeness (QED) is 0.894. The fourth-order valence-electron chi connectivity index (χ4n) is 2.07. The Hall–Kier alpha value is -0.870. The van der Waals surface area contributed by atoms with Gasteiger partial charge in [0.25, 0.3) is 0 Å². The molecule has 2 rings (SSSR count). The summed E-state index contributed by atoms with van der Waals surface area (Å²) in [5.41, 5.74) is 1.04. The van der Waals surface area contributed by atoms with Crippen LogP contribution in [0.3, 0.4) is 0 Å². The third kappa shape index (κ3) is 3.82. The Labute approximate surface area is 110 Å². The van der Waals surface area contributed by atoms with E-state index in [4.69, 9.17) is 0 Å². The summed E-state index contributed by atoms with van der Waals surface area (Å²) in [5, 5.41) is 6.36. The van der Waals surface area contributed by atoms with Crippen molar-refractivity contribution in [3.8, 4) is 0 Å². The number of rotatable bonds is 3. The summed E-state index contributed by atoms with van der Waals surface area (Å²) >= 11 is 3.46. The maximum absolute atomic E-state index is 11.9. The summed E-state index contributed by atoms with van der Waals surface area (Å²) in [4.78, 5) is 11.9. The largest absolute Gasteiger partial charge is 0.352 e. The number of piperidine rings is 1. The molecule has 0 aliphatic carbocycles. The topological polar surface area (TPSA) is 41.1 Å². The molecule has 0 aromatic heterocycles. The van der Waals surface area contributed by atoms with Gasteiger partial charge in [0.15, 0.2) is 0 Å². The predicted molar refractivity (Wildman–Crippen MR) is 71.9 cm³/mol. The van der Waals surface area contributed by atoms with Crippen LogP contribution in [0.2, 0.25) is 0 Å². The van der Waals surface area contributed by atoms with E-state index in [1.165, 1.54) is 0 Å². The SMILES string of the molecule is O=C(Cc1ccccc1Br)NC1CCCNC1. The molecule has 1 amide bonds. The highest BCUT2D eigenvalue weighted by molar-refractivity contribution is 9.10. The van der Waals surface area contributed by atoms with Crippen molar-refractivity contribution in [3.05, 3.63) is 34.3 Å². The molecule has 2 N–H and O–H groups in total. The molecule has 17 heavy (non-hydrogen) atoms. The third-order valence-corrected chi connectivity index (χ3v) is 3.74. The van der Waals surface area contributed by atoms with E-state index in [0.29, 0.717) is 12.5 Å². The predicted octanol–water partition coefficient (Wildman–Crippen LogP) is 1.86. The second-order valence-corrected chi connectivity index (χ2v) is 5.23. The highest BCUT2D eigenvalue weighted by atomic mass is 79.9. The molecule has 1 unspecified atom stereocenters. The monoisotopic (exact) mass is 296 g/mol. The third-order valence-electron chi connectivity index (χ3n) is 2.97. The lowest BCUT2D eigenvalue weighted by Crippen LogP contribution is -2.46. The molecule has 0 radical (unpaired) electrons. The number of carbonyl (C=O) groups is 1. The van der Waals surface area contributed by atoms with E-state index in [2.05, 4.69) is 26.6 Å². The first kappa shape index (κ1) is 12.6. The fraction of sp³-hybridized carbons (Fsp3) is 0.462. The molecular weight excluding hydrogens is 280 g/mol. The van der Waals surface area contributed by atoms with Gasteiger partial charge in [-0.15, -0.1) is 0 Å². The summed E-state index contributed by atoms with van der Waals surface area (Å²) < 4.78 is 0.997. The molecule has 1 saturated heterocycles. The zero-order valence-electron chi connectivity index (χ0n) is 9.71. The van der Waals surface area contributed by atoms with Crippen LogP contribution in [0.5, 0.6) is 0 Å². The van der Waals surface area contributed by atoms with Crippen molar-refractivity contribution >= 4 is 21.8 Å². The minimum atomic E-state index is 0.102. The number of halogens is 1. The van der Waals surface area contributed by atoms with Crippen LogP contribution < -0.4 is 10.6 Å². The second-order valence-electron chi connectivity index (χ2n) is 4.38. The van der Waals surface area contributed by atoms with Gasteiger partial charge in [-0.2, -0.15) is 0 Å². The minimum Gasteiger partial charge on any atom is -0.352 e. The summed E-state index contributed by atoms with van der Waals surface area (Å²) in [6.45, 7) is 1.96. The smallest absolute Gasteiger partial charge is 0.224 e. The molecule has 0 spiro atoms. The lowest BCUT2D eigenvalue weighted by molar-refractivity contribution is -0.121. The molecule has 4 heteroatoms.